The van der Waals surface area contributed by atoms with E-state index in [-0.39, 0.29) is 29.3 Å². The van der Waals surface area contributed by atoms with Crippen LogP contribution in [0.2, 0.25) is 0 Å². The molecule has 1 amide bonds. The van der Waals surface area contributed by atoms with Crippen molar-refractivity contribution in [2.75, 3.05) is 5.75 Å². The van der Waals surface area contributed by atoms with E-state index in [1.54, 1.807) is 10.6 Å². The predicted octanol–water partition coefficient (Wildman–Crippen LogP) is 4.54. The zero-order valence-corrected chi connectivity index (χ0v) is 17.6. The van der Waals surface area contributed by atoms with Crippen LogP contribution in [0, 0.1) is 0 Å². The number of nitrogens with zero attached hydrogens (tertiary/aromatic N) is 2. The number of nitrogens with one attached hydrogen (secondary N) is 1. The fourth-order valence-corrected chi connectivity index (χ4v) is 4.02. The van der Waals surface area contributed by atoms with Crippen molar-refractivity contribution in [1.82, 2.24) is 14.9 Å². The van der Waals surface area contributed by atoms with E-state index in [0.717, 1.165) is 12.8 Å². The lowest BCUT2D eigenvalue weighted by Gasteiger charge is -2.17. The van der Waals surface area contributed by atoms with Crippen LogP contribution < -0.4 is 10.9 Å². The Morgan fingerprint density at radius 3 is 2.63 bits per heavy atom. The second-order valence-corrected chi connectivity index (χ2v) is 8.23. The summed E-state index contributed by atoms with van der Waals surface area (Å²) in [6, 6.07) is 7.51. The molecule has 2 aromatic rings. The molecule has 1 N–H and O–H groups in total. The number of benzene rings is 1. The second-order valence-electron chi connectivity index (χ2n) is 7.29. The Bertz CT molecular complexity index is 817. The average molecular weight is 390 g/mol. The lowest BCUT2D eigenvalue weighted by atomic mass is 10.1. The molecule has 0 unspecified atom stereocenters. The summed E-state index contributed by atoms with van der Waals surface area (Å²) >= 11 is 1.33. The molecule has 0 saturated heterocycles. The Balaban J connectivity index is 2.02. The highest BCUT2D eigenvalue weighted by Gasteiger charge is 2.15. The first kappa shape index (κ1) is 21.5. The van der Waals surface area contributed by atoms with Gasteiger partial charge in [0, 0.05) is 12.1 Å². The maximum absolute atomic E-state index is 12.8. The van der Waals surface area contributed by atoms with Crippen molar-refractivity contribution in [2.24, 2.45) is 0 Å². The smallest absolute Gasteiger partial charge is 0.262 e. The lowest BCUT2D eigenvalue weighted by Crippen LogP contribution is -2.34. The summed E-state index contributed by atoms with van der Waals surface area (Å²) in [5.74, 6) is 0.247. The van der Waals surface area contributed by atoms with Crippen LogP contribution in [-0.2, 0) is 4.79 Å². The molecule has 1 atom stereocenters. The van der Waals surface area contributed by atoms with E-state index in [4.69, 9.17) is 0 Å². The minimum absolute atomic E-state index is 0.0132. The fraction of sp³-hybridized carbons (Fsp3) is 0.571. The molecule has 148 valence electrons. The van der Waals surface area contributed by atoms with E-state index < -0.39 is 0 Å². The molecule has 1 aromatic carbocycles. The van der Waals surface area contributed by atoms with Crippen LogP contribution in [0.1, 0.15) is 65.8 Å². The number of para-hydroxylation sites is 1. The fourth-order valence-electron chi connectivity index (χ4n) is 3.08. The van der Waals surface area contributed by atoms with Crippen LogP contribution in [0.15, 0.2) is 34.2 Å². The summed E-state index contributed by atoms with van der Waals surface area (Å²) in [5, 5.41) is 4.26. The maximum atomic E-state index is 12.8. The average Bonchev–Trinajstić information content (AvgIpc) is 2.63. The first-order valence-corrected chi connectivity index (χ1v) is 10.9. The topological polar surface area (TPSA) is 64.0 Å². The van der Waals surface area contributed by atoms with Gasteiger partial charge in [0.2, 0.25) is 5.91 Å². The normalized spacial score (nSPS) is 12.5. The molecule has 0 radical (unpaired) electrons. The highest BCUT2D eigenvalue weighted by molar-refractivity contribution is 7.99. The van der Waals surface area contributed by atoms with Crippen molar-refractivity contribution in [3.63, 3.8) is 0 Å². The highest BCUT2D eigenvalue weighted by Crippen LogP contribution is 2.20. The number of thioether (sulfide) groups is 1. The van der Waals surface area contributed by atoms with Crippen LogP contribution in [0.3, 0.4) is 0 Å². The van der Waals surface area contributed by atoms with Crippen molar-refractivity contribution >= 4 is 28.6 Å². The largest absolute Gasteiger partial charge is 0.353 e. The molecular weight excluding hydrogens is 358 g/mol. The predicted molar refractivity (Wildman–Crippen MR) is 113 cm³/mol. The van der Waals surface area contributed by atoms with Gasteiger partial charge >= 0.3 is 0 Å². The molecule has 1 aromatic heterocycles. The van der Waals surface area contributed by atoms with Crippen LogP contribution in [0.25, 0.3) is 10.9 Å². The molecular formula is C21H31N3O2S. The number of carbonyl (C=O) groups is 1. The standard InChI is InChI=1S/C21H31N3O2S/c1-5-6-7-8-11-16(4)22-19(25)14-27-21-23-18-13-10-9-12-17(18)20(26)24(21)15(2)3/h9-10,12-13,15-16H,5-8,11,14H2,1-4H3,(H,22,25)/t16-/m0/s1. The van der Waals surface area contributed by atoms with E-state index in [9.17, 15) is 9.59 Å². The van der Waals surface area contributed by atoms with Crippen molar-refractivity contribution < 1.29 is 4.79 Å². The number of hydrogen-bond donors (Lipinski definition) is 1. The zero-order chi connectivity index (χ0) is 19.8. The van der Waals surface area contributed by atoms with E-state index in [1.807, 2.05) is 39.0 Å². The molecule has 0 saturated carbocycles. The minimum atomic E-state index is -0.0530. The summed E-state index contributed by atoms with van der Waals surface area (Å²) in [6.45, 7) is 8.16. The van der Waals surface area contributed by atoms with Gasteiger partial charge in [-0.1, -0.05) is 56.5 Å². The van der Waals surface area contributed by atoms with Crippen LogP contribution in [0.5, 0.6) is 0 Å². The van der Waals surface area contributed by atoms with Crippen LogP contribution >= 0.6 is 11.8 Å². The summed E-state index contributed by atoms with van der Waals surface area (Å²) in [7, 11) is 0. The molecule has 0 aliphatic heterocycles. The molecule has 0 aliphatic carbocycles. The third-order valence-corrected chi connectivity index (χ3v) is 5.47. The van der Waals surface area contributed by atoms with Gasteiger partial charge in [-0.3, -0.25) is 14.2 Å². The monoisotopic (exact) mass is 389 g/mol. The first-order valence-electron chi connectivity index (χ1n) is 9.87. The first-order chi connectivity index (χ1) is 12.9. The summed E-state index contributed by atoms with van der Waals surface area (Å²) < 4.78 is 1.68. The third-order valence-electron chi connectivity index (χ3n) is 4.52. The van der Waals surface area contributed by atoms with Gasteiger partial charge in [0.25, 0.3) is 5.56 Å². The second kappa shape index (κ2) is 10.5. The number of fused-ring (bicyclic) bond motifs is 1. The van der Waals surface area contributed by atoms with Gasteiger partial charge in [0.05, 0.1) is 16.7 Å². The number of amides is 1. The van der Waals surface area contributed by atoms with Gasteiger partial charge in [-0.2, -0.15) is 0 Å². The molecule has 2 rings (SSSR count). The molecule has 0 bridgehead atoms. The summed E-state index contributed by atoms with van der Waals surface area (Å²) in [4.78, 5) is 29.7. The van der Waals surface area contributed by atoms with Crippen LogP contribution in [-0.4, -0.2) is 27.3 Å². The van der Waals surface area contributed by atoms with Crippen molar-refractivity contribution in [3.8, 4) is 0 Å². The third kappa shape index (κ3) is 6.09. The van der Waals surface area contributed by atoms with Gasteiger partial charge in [0.15, 0.2) is 5.16 Å². The Morgan fingerprint density at radius 1 is 1.19 bits per heavy atom. The van der Waals surface area contributed by atoms with Crippen molar-refractivity contribution in [2.45, 2.75) is 77.0 Å². The van der Waals surface area contributed by atoms with Gasteiger partial charge in [0.1, 0.15) is 0 Å². The Hall–Kier alpha value is -1.82. The van der Waals surface area contributed by atoms with Gasteiger partial charge in [-0.15, -0.1) is 0 Å². The van der Waals surface area contributed by atoms with Crippen molar-refractivity contribution in [1.29, 1.82) is 0 Å². The van der Waals surface area contributed by atoms with Crippen LogP contribution in [0.4, 0.5) is 0 Å². The lowest BCUT2D eigenvalue weighted by molar-refractivity contribution is -0.119. The molecule has 0 aliphatic rings. The van der Waals surface area contributed by atoms with Gasteiger partial charge in [-0.05, 0) is 39.3 Å². The van der Waals surface area contributed by atoms with Gasteiger partial charge < -0.3 is 5.32 Å². The number of rotatable bonds is 10. The van der Waals surface area contributed by atoms with E-state index in [1.165, 1.54) is 31.0 Å². The molecule has 1 heterocycles. The van der Waals surface area contributed by atoms with E-state index in [2.05, 4.69) is 17.2 Å². The molecule has 5 nitrogen and oxygen atoms in total. The van der Waals surface area contributed by atoms with E-state index >= 15 is 0 Å². The number of unbranched alkanes of at least 4 members (excludes halogenated alkanes) is 3. The van der Waals surface area contributed by atoms with Gasteiger partial charge in [-0.25, -0.2) is 4.98 Å². The molecule has 0 fully saturated rings. The Morgan fingerprint density at radius 2 is 1.93 bits per heavy atom. The molecule has 0 spiro atoms. The highest BCUT2D eigenvalue weighted by atomic mass is 32.2. The zero-order valence-electron chi connectivity index (χ0n) is 16.8. The number of carbonyl (C=O) groups excluding carboxylic acids is 1. The molecule has 27 heavy (non-hydrogen) atoms. The minimum Gasteiger partial charge on any atom is -0.353 e. The maximum Gasteiger partial charge on any atom is 0.262 e. The number of aromatic nitrogens is 2. The van der Waals surface area contributed by atoms with Crippen molar-refractivity contribution in [3.05, 3.63) is 34.6 Å². The summed E-state index contributed by atoms with van der Waals surface area (Å²) in [6.07, 6.45) is 5.82. The number of hydrogen-bond acceptors (Lipinski definition) is 4. The molecule has 6 heteroatoms. The summed E-state index contributed by atoms with van der Waals surface area (Å²) in [5.41, 5.74) is 0.620. The Labute approximate surface area is 166 Å². The SMILES string of the molecule is CCCCCC[C@H](C)NC(=O)CSc1nc2ccccc2c(=O)n1C(C)C. The Kier molecular flexibility index (Phi) is 8.35. The quantitative estimate of drug-likeness (QED) is 0.368. The van der Waals surface area contributed by atoms with E-state index in [0.29, 0.717) is 16.1 Å².